The Morgan fingerprint density at radius 3 is 2.52 bits per heavy atom. The van der Waals surface area contributed by atoms with Crippen LogP contribution in [0, 0.1) is 12.7 Å². The lowest BCUT2D eigenvalue weighted by Gasteiger charge is -2.12. The first-order valence-corrected chi connectivity index (χ1v) is 8.08. The molecule has 0 aliphatic carbocycles. The number of hydrogen-bond acceptors (Lipinski definition) is 4. The normalized spacial score (nSPS) is 11.8. The molecule has 136 valence electrons. The van der Waals surface area contributed by atoms with Gasteiger partial charge in [-0.15, -0.1) is 16.9 Å². The third-order valence-corrected chi connectivity index (χ3v) is 4.60. The summed E-state index contributed by atoms with van der Waals surface area (Å²) >= 11 is 0.460. The molecule has 0 saturated heterocycles. The van der Waals surface area contributed by atoms with Crippen molar-refractivity contribution in [2.24, 2.45) is 0 Å². The molecule has 2 N–H and O–H groups in total. The van der Waals surface area contributed by atoms with Gasteiger partial charge >= 0.3 is 12.1 Å². The molecule has 0 aliphatic rings. The van der Waals surface area contributed by atoms with Crippen LogP contribution in [0.4, 0.5) is 17.6 Å². The van der Waals surface area contributed by atoms with Crippen LogP contribution >= 0.6 is 11.8 Å². The minimum absolute atomic E-state index is 0.0111. The van der Waals surface area contributed by atoms with Gasteiger partial charge in [-0.3, -0.25) is 0 Å². The zero-order chi connectivity index (χ0) is 18.9. The molecule has 0 fully saturated rings. The Kier molecular flexibility index (Phi) is 5.31. The monoisotopic (exact) mass is 378 g/mol. The Morgan fingerprint density at radius 1 is 1.36 bits per heavy atom. The summed E-state index contributed by atoms with van der Waals surface area (Å²) in [7, 11) is 0. The highest BCUT2D eigenvalue weighted by molar-refractivity contribution is 7.99. The van der Waals surface area contributed by atoms with Gasteiger partial charge in [-0.1, -0.05) is 6.92 Å². The van der Waals surface area contributed by atoms with E-state index in [0.717, 1.165) is 12.1 Å². The smallest absolute Gasteiger partial charge is 0.398 e. The number of aryl methyl sites for hydroxylation is 1. The molecule has 0 saturated carbocycles. The first-order valence-electron chi connectivity index (χ1n) is 7.09. The number of aromatic carboxylic acids is 1. The molecule has 25 heavy (non-hydrogen) atoms. The lowest BCUT2D eigenvalue weighted by atomic mass is 10.1. The van der Waals surface area contributed by atoms with E-state index in [4.69, 9.17) is 0 Å². The summed E-state index contributed by atoms with van der Waals surface area (Å²) in [5.41, 5.74) is -0.492. The molecule has 2 rings (SSSR count). The quantitative estimate of drug-likeness (QED) is 0.609. The van der Waals surface area contributed by atoms with E-state index >= 15 is 0 Å². The van der Waals surface area contributed by atoms with Crippen LogP contribution in [0.15, 0.2) is 17.0 Å². The van der Waals surface area contributed by atoms with E-state index in [1.807, 2.05) is 0 Å². The van der Waals surface area contributed by atoms with E-state index < -0.39 is 35.3 Å². The molecule has 10 heteroatoms. The number of aromatic hydroxyl groups is 1. The Bertz CT molecular complexity index is 818. The molecule has 0 radical (unpaired) electrons. The van der Waals surface area contributed by atoms with E-state index in [1.54, 1.807) is 6.92 Å². The van der Waals surface area contributed by atoms with Crippen LogP contribution in [0.25, 0.3) is 5.69 Å². The Balaban J connectivity index is 2.58. The number of thioether (sulfide) groups is 1. The molecule has 0 bridgehead atoms. The van der Waals surface area contributed by atoms with Gasteiger partial charge in [0.1, 0.15) is 11.5 Å². The number of halogens is 4. The summed E-state index contributed by atoms with van der Waals surface area (Å²) in [5.74, 6) is -4.03. The van der Waals surface area contributed by atoms with Crippen LogP contribution in [-0.2, 0) is 6.42 Å². The van der Waals surface area contributed by atoms with Gasteiger partial charge in [-0.25, -0.2) is 13.9 Å². The number of alkyl halides is 3. The van der Waals surface area contributed by atoms with E-state index in [1.165, 1.54) is 6.92 Å². The van der Waals surface area contributed by atoms with Crippen LogP contribution in [0.1, 0.15) is 28.5 Å². The van der Waals surface area contributed by atoms with E-state index in [-0.39, 0.29) is 28.1 Å². The van der Waals surface area contributed by atoms with Crippen molar-refractivity contribution < 1.29 is 32.6 Å². The van der Waals surface area contributed by atoms with Crippen LogP contribution in [0.5, 0.6) is 5.88 Å². The number of rotatable bonds is 5. The third kappa shape index (κ3) is 4.06. The van der Waals surface area contributed by atoms with E-state index in [0.29, 0.717) is 16.4 Å². The highest BCUT2D eigenvalue weighted by Crippen LogP contribution is 2.33. The number of carboxylic acids is 1. The Hall–Kier alpha value is -2.23. The predicted molar refractivity (Wildman–Crippen MR) is 83.0 cm³/mol. The molecule has 0 atom stereocenters. The fourth-order valence-corrected chi connectivity index (χ4v) is 3.08. The van der Waals surface area contributed by atoms with Gasteiger partial charge in [0.05, 0.1) is 5.75 Å². The summed E-state index contributed by atoms with van der Waals surface area (Å²) in [6, 6.07) is 2.10. The minimum Gasteiger partial charge on any atom is -0.492 e. The van der Waals surface area contributed by atoms with E-state index in [9.17, 15) is 32.6 Å². The van der Waals surface area contributed by atoms with Gasteiger partial charge in [0.25, 0.3) is 0 Å². The zero-order valence-corrected chi connectivity index (χ0v) is 14.0. The molecule has 1 aromatic heterocycles. The van der Waals surface area contributed by atoms with Crippen molar-refractivity contribution in [3.05, 3.63) is 34.8 Å². The molecule has 0 spiro atoms. The second kappa shape index (κ2) is 6.95. The number of carboxylic acid groups (broad SMARTS) is 1. The van der Waals surface area contributed by atoms with E-state index in [2.05, 4.69) is 5.10 Å². The lowest BCUT2D eigenvalue weighted by molar-refractivity contribution is -0.105. The summed E-state index contributed by atoms with van der Waals surface area (Å²) in [5, 5.41) is 22.7. The van der Waals surface area contributed by atoms with Crippen molar-refractivity contribution in [1.82, 2.24) is 9.78 Å². The molecule has 0 unspecified atom stereocenters. The SMILES string of the molecule is CCc1c(O)nn(-c2cc(SCC(F)(F)F)c(C)cc2F)c1C(=O)O. The van der Waals surface area contributed by atoms with Crippen LogP contribution in [0.3, 0.4) is 0 Å². The maximum atomic E-state index is 14.3. The summed E-state index contributed by atoms with van der Waals surface area (Å²) in [6.45, 7) is 3.03. The number of carbonyl (C=O) groups is 1. The van der Waals surface area contributed by atoms with Crippen molar-refractivity contribution >= 4 is 17.7 Å². The molecule has 0 aliphatic heterocycles. The second-order valence-corrected chi connectivity index (χ2v) is 6.21. The van der Waals surface area contributed by atoms with Crippen LogP contribution in [-0.4, -0.2) is 37.9 Å². The highest BCUT2D eigenvalue weighted by Gasteiger charge is 2.29. The highest BCUT2D eigenvalue weighted by atomic mass is 32.2. The van der Waals surface area contributed by atoms with Crippen molar-refractivity contribution in [2.45, 2.75) is 31.3 Å². The minimum atomic E-state index is -4.41. The number of hydrogen-bond donors (Lipinski definition) is 2. The van der Waals surface area contributed by atoms with Gasteiger partial charge in [0, 0.05) is 10.5 Å². The summed E-state index contributed by atoms with van der Waals surface area (Å²) in [4.78, 5) is 11.6. The fourth-order valence-electron chi connectivity index (χ4n) is 2.28. The molecule has 0 amide bonds. The average Bonchev–Trinajstić information content (AvgIpc) is 2.81. The summed E-state index contributed by atoms with van der Waals surface area (Å²) < 4.78 is 52.3. The van der Waals surface area contributed by atoms with Crippen molar-refractivity contribution in [2.75, 3.05) is 5.75 Å². The first-order chi connectivity index (χ1) is 11.5. The molecular formula is C15H14F4N2O3S. The largest absolute Gasteiger partial charge is 0.492 e. The zero-order valence-electron chi connectivity index (χ0n) is 13.2. The lowest BCUT2D eigenvalue weighted by Crippen LogP contribution is -2.13. The maximum absolute atomic E-state index is 14.3. The number of aromatic nitrogens is 2. The molecule has 5 nitrogen and oxygen atoms in total. The second-order valence-electron chi connectivity index (χ2n) is 5.19. The van der Waals surface area contributed by atoms with Crippen molar-refractivity contribution in [1.29, 1.82) is 0 Å². The van der Waals surface area contributed by atoms with Gasteiger partial charge in [0.2, 0.25) is 5.88 Å². The molecule has 1 heterocycles. The topological polar surface area (TPSA) is 75.4 Å². The molecule has 1 aromatic carbocycles. The summed E-state index contributed by atoms with van der Waals surface area (Å²) in [6.07, 6.45) is -4.27. The fraction of sp³-hybridized carbons (Fsp3) is 0.333. The Morgan fingerprint density at radius 2 is 2.00 bits per heavy atom. The maximum Gasteiger partial charge on any atom is 0.398 e. The molecular weight excluding hydrogens is 364 g/mol. The van der Waals surface area contributed by atoms with Gasteiger partial charge < -0.3 is 10.2 Å². The number of benzene rings is 1. The Labute approximate surface area is 144 Å². The van der Waals surface area contributed by atoms with Crippen LogP contribution in [0.2, 0.25) is 0 Å². The molecule has 2 aromatic rings. The number of nitrogens with zero attached hydrogens (tertiary/aromatic N) is 2. The van der Waals surface area contributed by atoms with Gasteiger partial charge in [0.15, 0.2) is 5.69 Å². The predicted octanol–water partition coefficient (Wildman–Crippen LogP) is 3.94. The van der Waals surface area contributed by atoms with Gasteiger partial charge in [-0.2, -0.15) is 13.2 Å². The standard InChI is InChI=1S/C15H14F4N2O3S/c1-3-8-12(14(23)24)21(20-13(8)22)10-5-11(7(2)4-9(10)16)25-6-15(17,18)19/h4-5H,3,6H2,1-2H3,(H,20,22)(H,23,24). The van der Waals surface area contributed by atoms with Gasteiger partial charge in [-0.05, 0) is 31.0 Å². The average molecular weight is 378 g/mol. The third-order valence-electron chi connectivity index (χ3n) is 3.38. The first kappa shape index (κ1) is 19.1. The van der Waals surface area contributed by atoms with Crippen molar-refractivity contribution in [3.63, 3.8) is 0 Å². The van der Waals surface area contributed by atoms with Crippen LogP contribution < -0.4 is 0 Å². The van der Waals surface area contributed by atoms with Crippen molar-refractivity contribution in [3.8, 4) is 11.6 Å².